The third-order valence-electron chi connectivity index (χ3n) is 4.59. The van der Waals surface area contributed by atoms with Crippen LogP contribution in [0.2, 0.25) is 0 Å². The van der Waals surface area contributed by atoms with Gasteiger partial charge in [-0.3, -0.25) is 4.79 Å². The van der Waals surface area contributed by atoms with E-state index < -0.39 is 6.10 Å². The first-order valence-electron chi connectivity index (χ1n) is 7.93. The van der Waals surface area contributed by atoms with Gasteiger partial charge in [0, 0.05) is 25.9 Å². The standard InChI is InChI=1S/C15H22N6O2/c1-20-9-10(14-16-18-19-17-14)8-12(20)15(23)21(2)11-6-4-3-5-7-13(11)22/h8-9,11,13,22H,3-7H2,1-2H3,(H,16,17,18,19)/t11-,13-/m1/s1. The van der Waals surface area contributed by atoms with E-state index in [1.165, 1.54) is 0 Å². The molecule has 0 aromatic carbocycles. The average molecular weight is 318 g/mol. The number of aromatic nitrogens is 5. The third-order valence-corrected chi connectivity index (χ3v) is 4.59. The smallest absolute Gasteiger partial charge is 0.270 e. The van der Waals surface area contributed by atoms with Crippen molar-refractivity contribution in [1.29, 1.82) is 0 Å². The molecule has 0 unspecified atom stereocenters. The second-order valence-electron chi connectivity index (χ2n) is 6.15. The summed E-state index contributed by atoms with van der Waals surface area (Å²) in [7, 11) is 3.58. The molecule has 1 aliphatic carbocycles. The van der Waals surface area contributed by atoms with E-state index in [2.05, 4.69) is 20.6 Å². The highest BCUT2D eigenvalue weighted by Crippen LogP contribution is 2.24. The zero-order valence-electron chi connectivity index (χ0n) is 13.4. The van der Waals surface area contributed by atoms with Gasteiger partial charge in [-0.05, 0) is 24.1 Å². The molecular formula is C15H22N6O2. The van der Waals surface area contributed by atoms with Crippen molar-refractivity contribution in [3.63, 3.8) is 0 Å². The minimum absolute atomic E-state index is 0.104. The highest BCUT2D eigenvalue weighted by molar-refractivity contribution is 5.94. The molecule has 2 atom stereocenters. The molecule has 8 nitrogen and oxygen atoms in total. The number of tetrazole rings is 1. The van der Waals surface area contributed by atoms with Crippen LogP contribution >= 0.6 is 0 Å². The number of hydrogen-bond donors (Lipinski definition) is 2. The van der Waals surface area contributed by atoms with Gasteiger partial charge in [0.05, 0.1) is 12.1 Å². The molecule has 1 fully saturated rings. The van der Waals surface area contributed by atoms with E-state index in [-0.39, 0.29) is 11.9 Å². The van der Waals surface area contributed by atoms with Crippen molar-refractivity contribution in [2.24, 2.45) is 7.05 Å². The minimum Gasteiger partial charge on any atom is -0.391 e. The summed E-state index contributed by atoms with van der Waals surface area (Å²) in [5, 5.41) is 24.1. The Balaban J connectivity index is 1.82. The van der Waals surface area contributed by atoms with E-state index in [9.17, 15) is 9.90 Å². The normalized spacial score (nSPS) is 21.9. The molecule has 1 amide bonds. The molecule has 0 bridgehead atoms. The molecule has 23 heavy (non-hydrogen) atoms. The number of nitrogens with zero attached hydrogens (tertiary/aromatic N) is 5. The van der Waals surface area contributed by atoms with Crippen molar-refractivity contribution < 1.29 is 9.90 Å². The molecule has 2 aromatic rings. The Labute approximate surface area is 134 Å². The highest BCUT2D eigenvalue weighted by atomic mass is 16.3. The van der Waals surface area contributed by atoms with Crippen molar-refractivity contribution >= 4 is 5.91 Å². The zero-order valence-corrected chi connectivity index (χ0v) is 13.4. The molecule has 2 aromatic heterocycles. The second-order valence-corrected chi connectivity index (χ2v) is 6.15. The molecule has 0 saturated heterocycles. The lowest BCUT2D eigenvalue weighted by Gasteiger charge is -2.30. The van der Waals surface area contributed by atoms with E-state index in [1.807, 2.05) is 7.05 Å². The summed E-state index contributed by atoms with van der Waals surface area (Å²) >= 11 is 0. The quantitative estimate of drug-likeness (QED) is 0.821. The summed E-state index contributed by atoms with van der Waals surface area (Å²) in [5.41, 5.74) is 1.28. The first kappa shape index (κ1) is 15.7. The zero-order chi connectivity index (χ0) is 16.4. The van der Waals surface area contributed by atoms with Crippen LogP contribution in [0.3, 0.4) is 0 Å². The SMILES string of the molecule is CN(C(=O)c1cc(-c2nn[nH]n2)cn1C)[C@@H]1CCCCC[C@H]1O. The number of H-pyrrole nitrogens is 1. The Hall–Kier alpha value is -2.22. The van der Waals surface area contributed by atoms with E-state index in [4.69, 9.17) is 0 Å². The van der Waals surface area contributed by atoms with Gasteiger partial charge in [-0.15, -0.1) is 10.2 Å². The molecule has 8 heteroatoms. The Kier molecular flexibility index (Phi) is 4.42. The molecule has 1 saturated carbocycles. The van der Waals surface area contributed by atoms with Gasteiger partial charge >= 0.3 is 0 Å². The van der Waals surface area contributed by atoms with Gasteiger partial charge in [0.15, 0.2) is 0 Å². The average Bonchev–Trinajstić information content (AvgIpc) is 3.13. The number of amides is 1. The number of aliphatic hydroxyl groups is 1. The van der Waals surface area contributed by atoms with Crippen LogP contribution in [-0.2, 0) is 7.05 Å². The van der Waals surface area contributed by atoms with Gasteiger partial charge in [0.1, 0.15) is 5.69 Å². The predicted octanol–water partition coefficient (Wildman–Crippen LogP) is 0.971. The van der Waals surface area contributed by atoms with Gasteiger partial charge in [-0.25, -0.2) is 0 Å². The lowest BCUT2D eigenvalue weighted by molar-refractivity contribution is 0.0410. The Bertz CT molecular complexity index is 666. The van der Waals surface area contributed by atoms with Crippen LogP contribution < -0.4 is 0 Å². The minimum atomic E-state index is -0.455. The van der Waals surface area contributed by atoms with Gasteiger partial charge in [-0.2, -0.15) is 5.21 Å². The molecule has 124 valence electrons. The van der Waals surface area contributed by atoms with Crippen molar-refractivity contribution in [2.75, 3.05) is 7.05 Å². The maximum Gasteiger partial charge on any atom is 0.270 e. The molecule has 3 rings (SSSR count). The Morgan fingerprint density at radius 1 is 1.39 bits per heavy atom. The van der Waals surface area contributed by atoms with E-state index >= 15 is 0 Å². The molecule has 0 spiro atoms. The lowest BCUT2D eigenvalue weighted by atomic mass is 10.0. The monoisotopic (exact) mass is 318 g/mol. The van der Waals surface area contributed by atoms with E-state index in [0.29, 0.717) is 11.5 Å². The van der Waals surface area contributed by atoms with E-state index in [0.717, 1.165) is 37.7 Å². The number of hydrogen-bond acceptors (Lipinski definition) is 5. The number of aromatic amines is 1. The highest BCUT2D eigenvalue weighted by Gasteiger charge is 2.30. The maximum absolute atomic E-state index is 12.8. The molecule has 0 aliphatic heterocycles. The second kappa shape index (κ2) is 6.49. The third kappa shape index (κ3) is 3.12. The Morgan fingerprint density at radius 3 is 2.91 bits per heavy atom. The lowest BCUT2D eigenvalue weighted by Crippen LogP contribution is -2.44. The van der Waals surface area contributed by atoms with Crippen molar-refractivity contribution in [3.8, 4) is 11.4 Å². The fraction of sp³-hybridized carbons (Fsp3) is 0.600. The first-order valence-corrected chi connectivity index (χ1v) is 7.93. The summed E-state index contributed by atoms with van der Waals surface area (Å²) < 4.78 is 1.76. The summed E-state index contributed by atoms with van der Waals surface area (Å²) in [6, 6.07) is 1.63. The number of carbonyl (C=O) groups is 1. The van der Waals surface area contributed by atoms with Crippen LogP contribution in [-0.4, -0.2) is 60.3 Å². The number of aliphatic hydroxyl groups excluding tert-OH is 1. The van der Waals surface area contributed by atoms with Gasteiger partial charge < -0.3 is 14.6 Å². The van der Waals surface area contributed by atoms with Crippen LogP contribution in [0.5, 0.6) is 0 Å². The molecule has 1 aliphatic rings. The topological polar surface area (TPSA) is 99.9 Å². The van der Waals surface area contributed by atoms with Crippen LogP contribution in [0.15, 0.2) is 12.3 Å². The predicted molar refractivity (Wildman–Crippen MR) is 83.6 cm³/mol. The number of aryl methyl sites for hydroxylation is 1. The summed E-state index contributed by atoms with van der Waals surface area (Å²) in [4.78, 5) is 14.5. The molecule has 2 heterocycles. The fourth-order valence-corrected chi connectivity index (χ4v) is 3.24. The van der Waals surface area contributed by atoms with Crippen LogP contribution in [0, 0.1) is 0 Å². The molecular weight excluding hydrogens is 296 g/mol. The molecule has 0 radical (unpaired) electrons. The Morgan fingerprint density at radius 2 is 2.17 bits per heavy atom. The number of rotatable bonds is 3. The maximum atomic E-state index is 12.8. The summed E-state index contributed by atoms with van der Waals surface area (Å²) in [6.45, 7) is 0. The van der Waals surface area contributed by atoms with Crippen LogP contribution in [0.1, 0.15) is 42.6 Å². The van der Waals surface area contributed by atoms with E-state index in [1.54, 1.807) is 28.8 Å². The van der Waals surface area contributed by atoms with Crippen molar-refractivity contribution in [1.82, 2.24) is 30.1 Å². The largest absolute Gasteiger partial charge is 0.391 e. The number of carbonyl (C=O) groups excluding carboxylic acids is 1. The molecule has 2 N–H and O–H groups in total. The summed E-state index contributed by atoms with van der Waals surface area (Å²) in [6.07, 6.45) is 6.11. The van der Waals surface area contributed by atoms with Crippen molar-refractivity contribution in [2.45, 2.75) is 44.2 Å². The van der Waals surface area contributed by atoms with Gasteiger partial charge in [-0.1, -0.05) is 19.3 Å². The number of nitrogens with one attached hydrogen (secondary N) is 1. The van der Waals surface area contributed by atoms with Crippen LogP contribution in [0.25, 0.3) is 11.4 Å². The fourth-order valence-electron chi connectivity index (χ4n) is 3.24. The van der Waals surface area contributed by atoms with Gasteiger partial charge in [0.2, 0.25) is 5.82 Å². The van der Waals surface area contributed by atoms with Gasteiger partial charge in [0.25, 0.3) is 5.91 Å². The van der Waals surface area contributed by atoms with Crippen LogP contribution in [0.4, 0.5) is 0 Å². The first-order chi connectivity index (χ1) is 11.1. The van der Waals surface area contributed by atoms with Crippen molar-refractivity contribution in [3.05, 3.63) is 18.0 Å². The number of likely N-dealkylation sites (N-methyl/N-ethyl adjacent to an activating group) is 1. The summed E-state index contributed by atoms with van der Waals surface area (Å²) in [5.74, 6) is 0.352.